The molecule has 1 N–H and O–H groups in total. The van der Waals surface area contributed by atoms with Gasteiger partial charge in [0, 0.05) is 12.1 Å². The van der Waals surface area contributed by atoms with Crippen LogP contribution in [0.2, 0.25) is 0 Å². The predicted molar refractivity (Wildman–Crippen MR) is 66.9 cm³/mol. The lowest BCUT2D eigenvalue weighted by molar-refractivity contribution is 0.336. The van der Waals surface area contributed by atoms with Crippen LogP contribution in [-0.2, 0) is 0 Å². The summed E-state index contributed by atoms with van der Waals surface area (Å²) in [6, 6.07) is 2.10. The number of thioether (sulfide) groups is 1. The van der Waals surface area contributed by atoms with Crippen LogP contribution in [0.15, 0.2) is 17.1 Å². The van der Waals surface area contributed by atoms with Crippen molar-refractivity contribution in [3.05, 3.63) is 23.8 Å². The fraction of sp³-hybridized carbons (Fsp3) is 0.273. The zero-order valence-corrected chi connectivity index (χ0v) is 10.6. The molecule has 7 heteroatoms. The van der Waals surface area contributed by atoms with Crippen LogP contribution in [-0.4, -0.2) is 18.0 Å². The van der Waals surface area contributed by atoms with Crippen molar-refractivity contribution in [2.45, 2.75) is 6.92 Å². The number of halogens is 2. The highest BCUT2D eigenvalue weighted by molar-refractivity contribution is 8.13. The van der Waals surface area contributed by atoms with Crippen LogP contribution in [0.5, 0.6) is 5.75 Å². The minimum Gasteiger partial charge on any atom is -0.494 e. The Morgan fingerprint density at radius 2 is 2.11 bits per heavy atom. The molecular formula is C11H11F2N3OS. The maximum Gasteiger partial charge on any atom is 0.183 e. The van der Waals surface area contributed by atoms with Gasteiger partial charge in [-0.05, 0) is 13.2 Å². The molecule has 0 aromatic heterocycles. The van der Waals surface area contributed by atoms with Crippen molar-refractivity contribution in [3.63, 3.8) is 0 Å². The van der Waals surface area contributed by atoms with E-state index in [9.17, 15) is 8.78 Å². The molecule has 96 valence electrons. The van der Waals surface area contributed by atoms with E-state index in [2.05, 4.69) is 10.3 Å². The first-order valence-electron chi connectivity index (χ1n) is 5.02. The average Bonchev–Trinajstić information content (AvgIpc) is 2.32. The number of aliphatic imine (C=N–C) groups is 1. The Hall–Kier alpha value is -1.81. The van der Waals surface area contributed by atoms with Gasteiger partial charge in [-0.1, -0.05) is 11.8 Å². The lowest BCUT2D eigenvalue weighted by Gasteiger charge is -2.06. The average molecular weight is 271 g/mol. The Morgan fingerprint density at radius 1 is 1.50 bits per heavy atom. The largest absolute Gasteiger partial charge is 0.494 e. The normalized spacial score (nSPS) is 10.9. The van der Waals surface area contributed by atoms with Gasteiger partial charge in [0.25, 0.3) is 0 Å². The van der Waals surface area contributed by atoms with Crippen molar-refractivity contribution in [3.8, 4) is 11.9 Å². The minimum atomic E-state index is -0.843. The number of nitriles is 1. The number of nitrogens with one attached hydrogen (secondary N) is 1. The Morgan fingerprint density at radius 3 is 2.56 bits per heavy atom. The molecule has 0 saturated heterocycles. The first kappa shape index (κ1) is 14.3. The SMILES string of the molecule is CCOc1cc(F)c(N=C(NC#N)SC)c(F)c1. The van der Waals surface area contributed by atoms with E-state index in [1.54, 1.807) is 19.4 Å². The third kappa shape index (κ3) is 3.60. The molecule has 4 nitrogen and oxygen atoms in total. The molecule has 1 aromatic rings. The highest BCUT2D eigenvalue weighted by Gasteiger charge is 2.12. The third-order valence-corrected chi connectivity index (χ3v) is 2.45. The van der Waals surface area contributed by atoms with Crippen molar-refractivity contribution in [1.82, 2.24) is 5.32 Å². The van der Waals surface area contributed by atoms with Crippen LogP contribution in [0.1, 0.15) is 6.92 Å². The summed E-state index contributed by atoms with van der Waals surface area (Å²) in [5, 5.41) is 10.8. The second-order valence-electron chi connectivity index (χ2n) is 3.03. The first-order chi connectivity index (χ1) is 8.62. The lowest BCUT2D eigenvalue weighted by atomic mass is 10.3. The summed E-state index contributed by atoms with van der Waals surface area (Å²) in [6.45, 7) is 2.03. The van der Waals surface area contributed by atoms with Crippen LogP contribution in [0.3, 0.4) is 0 Å². The van der Waals surface area contributed by atoms with Gasteiger partial charge in [0.2, 0.25) is 0 Å². The molecule has 0 aliphatic carbocycles. The molecular weight excluding hydrogens is 260 g/mol. The minimum absolute atomic E-state index is 0.102. The zero-order chi connectivity index (χ0) is 13.5. The van der Waals surface area contributed by atoms with Gasteiger partial charge in [0.05, 0.1) is 6.61 Å². The van der Waals surface area contributed by atoms with Crippen molar-refractivity contribution >= 4 is 22.6 Å². The van der Waals surface area contributed by atoms with Crippen LogP contribution < -0.4 is 10.1 Å². The summed E-state index contributed by atoms with van der Waals surface area (Å²) in [5.41, 5.74) is -0.453. The Balaban J connectivity index is 3.14. The second-order valence-corrected chi connectivity index (χ2v) is 3.82. The molecule has 0 unspecified atom stereocenters. The molecule has 18 heavy (non-hydrogen) atoms. The fourth-order valence-corrected chi connectivity index (χ4v) is 1.50. The predicted octanol–water partition coefficient (Wildman–Crippen LogP) is 2.78. The quantitative estimate of drug-likeness (QED) is 0.397. The van der Waals surface area contributed by atoms with Crippen molar-refractivity contribution < 1.29 is 13.5 Å². The highest BCUT2D eigenvalue weighted by atomic mass is 32.2. The molecule has 1 aromatic carbocycles. The molecule has 0 aliphatic heterocycles. The number of hydrogen-bond acceptors (Lipinski definition) is 4. The van der Waals surface area contributed by atoms with Crippen molar-refractivity contribution in [2.24, 2.45) is 4.99 Å². The first-order valence-corrected chi connectivity index (χ1v) is 6.24. The topological polar surface area (TPSA) is 57.4 Å². The standard InChI is InChI=1S/C11H11F2N3OS/c1-3-17-7-4-8(12)10(9(13)5-7)16-11(18-2)15-6-14/h4-5H,3H2,1-2H3,(H,15,16). The third-order valence-electron chi connectivity index (χ3n) is 1.87. The molecule has 0 bridgehead atoms. The number of amidine groups is 1. The van der Waals surface area contributed by atoms with E-state index in [1.807, 2.05) is 0 Å². The number of benzene rings is 1. The number of ether oxygens (including phenoxy) is 1. The van der Waals surface area contributed by atoms with Gasteiger partial charge >= 0.3 is 0 Å². The van der Waals surface area contributed by atoms with Crippen LogP contribution >= 0.6 is 11.8 Å². The summed E-state index contributed by atoms with van der Waals surface area (Å²) in [5.74, 6) is -1.58. The Labute approximate surface area is 108 Å². The van der Waals surface area contributed by atoms with Crippen molar-refractivity contribution in [1.29, 1.82) is 5.26 Å². The van der Waals surface area contributed by atoms with E-state index in [0.717, 1.165) is 23.9 Å². The number of hydrogen-bond donors (Lipinski definition) is 1. The van der Waals surface area contributed by atoms with Gasteiger partial charge in [0.15, 0.2) is 23.0 Å². The molecule has 0 aliphatic rings. The number of nitrogens with zero attached hydrogens (tertiary/aromatic N) is 2. The molecule has 1 rings (SSSR count). The summed E-state index contributed by atoms with van der Waals surface area (Å²) in [6.07, 6.45) is 3.27. The van der Waals surface area contributed by atoms with Gasteiger partial charge in [-0.15, -0.1) is 0 Å². The molecule has 0 atom stereocenters. The highest BCUT2D eigenvalue weighted by Crippen LogP contribution is 2.28. The Bertz CT molecular complexity index is 477. The maximum atomic E-state index is 13.6. The van der Waals surface area contributed by atoms with Crippen LogP contribution in [0.4, 0.5) is 14.5 Å². The summed E-state index contributed by atoms with van der Waals surface area (Å²) in [7, 11) is 0. The monoisotopic (exact) mass is 271 g/mol. The van der Waals surface area contributed by atoms with E-state index < -0.39 is 17.3 Å². The smallest absolute Gasteiger partial charge is 0.183 e. The van der Waals surface area contributed by atoms with E-state index in [0.29, 0.717) is 6.61 Å². The van der Waals surface area contributed by atoms with E-state index in [-0.39, 0.29) is 10.9 Å². The molecule has 0 fully saturated rings. The van der Waals surface area contributed by atoms with E-state index >= 15 is 0 Å². The van der Waals surface area contributed by atoms with Crippen LogP contribution in [0.25, 0.3) is 0 Å². The van der Waals surface area contributed by atoms with Gasteiger partial charge in [-0.3, -0.25) is 5.32 Å². The second kappa shape index (κ2) is 6.81. The van der Waals surface area contributed by atoms with E-state index in [4.69, 9.17) is 10.00 Å². The van der Waals surface area contributed by atoms with E-state index in [1.165, 1.54) is 0 Å². The number of rotatable bonds is 3. The van der Waals surface area contributed by atoms with Crippen molar-refractivity contribution in [2.75, 3.05) is 12.9 Å². The van der Waals surface area contributed by atoms with Gasteiger partial charge in [0.1, 0.15) is 11.4 Å². The summed E-state index contributed by atoms with van der Waals surface area (Å²) in [4.78, 5) is 3.71. The molecule has 0 heterocycles. The zero-order valence-electron chi connectivity index (χ0n) is 9.83. The van der Waals surface area contributed by atoms with Gasteiger partial charge in [-0.2, -0.15) is 5.26 Å². The summed E-state index contributed by atoms with van der Waals surface area (Å²) >= 11 is 1.07. The Kier molecular flexibility index (Phi) is 5.39. The molecule has 0 spiro atoms. The fourth-order valence-electron chi connectivity index (χ4n) is 1.17. The molecule has 0 radical (unpaired) electrons. The van der Waals surface area contributed by atoms with Crippen LogP contribution in [0, 0.1) is 23.1 Å². The molecule has 0 amide bonds. The summed E-state index contributed by atoms with van der Waals surface area (Å²) < 4.78 is 32.2. The molecule has 0 saturated carbocycles. The van der Waals surface area contributed by atoms with Gasteiger partial charge in [-0.25, -0.2) is 13.8 Å². The maximum absolute atomic E-state index is 13.6. The van der Waals surface area contributed by atoms with Gasteiger partial charge < -0.3 is 4.74 Å². The lowest BCUT2D eigenvalue weighted by Crippen LogP contribution is -2.12.